The quantitative estimate of drug-likeness (QED) is 0.481. The monoisotopic (exact) mass is 222 g/mol. The minimum atomic E-state index is -3.26. The minimum Gasteiger partial charge on any atom is -0.431 e. The molecule has 0 atom stereocenters. The summed E-state index contributed by atoms with van der Waals surface area (Å²) in [6, 6.07) is 1.06. The minimum absolute atomic E-state index is 0.459. The predicted molar refractivity (Wildman–Crippen MR) is 44.1 cm³/mol. The second-order valence-corrected chi connectivity index (χ2v) is 2.48. The van der Waals surface area contributed by atoms with Crippen LogP contribution in [0.5, 0.6) is 5.75 Å². The highest BCUT2D eigenvalue weighted by Gasteiger charge is 2.19. The van der Waals surface area contributed by atoms with Crippen LogP contribution in [0, 0.1) is 15.9 Å². The van der Waals surface area contributed by atoms with Crippen molar-refractivity contribution in [3.63, 3.8) is 0 Å². The molecule has 0 spiro atoms. The van der Waals surface area contributed by atoms with Gasteiger partial charge in [-0.3, -0.25) is 10.1 Å². The van der Waals surface area contributed by atoms with Crippen LogP contribution in [-0.4, -0.2) is 11.5 Å². The first-order valence-electron chi connectivity index (χ1n) is 3.60. The standard InChI is InChI=1S/C7H5F3N2O3/c8-3-1-4(11)5(12(13)14)2-6(3)15-7(9)10/h1-2,7H,11H2. The third kappa shape index (κ3) is 2.48. The molecule has 1 aromatic rings. The molecule has 0 aliphatic heterocycles. The number of alkyl halides is 2. The van der Waals surface area contributed by atoms with Gasteiger partial charge in [0.15, 0.2) is 11.6 Å². The number of ether oxygens (including phenoxy) is 1. The van der Waals surface area contributed by atoms with Gasteiger partial charge in [-0.1, -0.05) is 0 Å². The normalized spacial score (nSPS) is 10.4. The summed E-state index contributed by atoms with van der Waals surface area (Å²) in [5.41, 5.74) is 3.95. The van der Waals surface area contributed by atoms with E-state index in [9.17, 15) is 23.3 Å². The number of halogens is 3. The van der Waals surface area contributed by atoms with Gasteiger partial charge < -0.3 is 10.5 Å². The van der Waals surface area contributed by atoms with Crippen LogP contribution in [0.2, 0.25) is 0 Å². The molecule has 15 heavy (non-hydrogen) atoms. The number of nitrogens with two attached hydrogens (primary N) is 1. The highest BCUT2D eigenvalue weighted by molar-refractivity contribution is 5.61. The fourth-order valence-corrected chi connectivity index (χ4v) is 0.902. The Morgan fingerprint density at radius 3 is 2.53 bits per heavy atom. The molecule has 1 rings (SSSR count). The van der Waals surface area contributed by atoms with Crippen LogP contribution in [-0.2, 0) is 0 Å². The molecule has 0 aliphatic rings. The van der Waals surface area contributed by atoms with Gasteiger partial charge in [-0.05, 0) is 0 Å². The van der Waals surface area contributed by atoms with Gasteiger partial charge in [-0.25, -0.2) is 4.39 Å². The number of nitro benzene ring substituents is 1. The summed E-state index contributed by atoms with van der Waals surface area (Å²) in [6.07, 6.45) is 0. The van der Waals surface area contributed by atoms with Gasteiger partial charge in [0.25, 0.3) is 5.69 Å². The Morgan fingerprint density at radius 2 is 2.07 bits per heavy atom. The summed E-state index contributed by atoms with van der Waals surface area (Å²) in [6.45, 7) is -3.26. The molecule has 0 saturated heterocycles. The molecule has 82 valence electrons. The van der Waals surface area contributed by atoms with Crippen molar-refractivity contribution in [3.05, 3.63) is 28.1 Å². The van der Waals surface area contributed by atoms with Crippen LogP contribution in [0.3, 0.4) is 0 Å². The van der Waals surface area contributed by atoms with Crippen molar-refractivity contribution < 1.29 is 22.8 Å². The summed E-state index contributed by atoms with van der Waals surface area (Å²) in [7, 11) is 0. The fraction of sp³-hybridized carbons (Fsp3) is 0.143. The van der Waals surface area contributed by atoms with Crippen LogP contribution in [0.4, 0.5) is 24.5 Å². The van der Waals surface area contributed by atoms with Gasteiger partial charge in [0.2, 0.25) is 0 Å². The zero-order valence-electron chi connectivity index (χ0n) is 7.12. The number of rotatable bonds is 3. The Balaban J connectivity index is 3.17. The maximum atomic E-state index is 12.9. The average Bonchev–Trinajstić information content (AvgIpc) is 2.08. The second kappa shape index (κ2) is 4.03. The number of nitrogens with zero attached hydrogens (tertiary/aromatic N) is 1. The lowest BCUT2D eigenvalue weighted by atomic mass is 10.2. The Bertz CT molecular complexity index is 397. The van der Waals surface area contributed by atoms with Crippen LogP contribution in [0.15, 0.2) is 12.1 Å². The summed E-state index contributed by atoms with van der Waals surface area (Å²) in [4.78, 5) is 9.41. The van der Waals surface area contributed by atoms with E-state index in [1.165, 1.54) is 0 Å². The number of nitro groups is 1. The molecule has 0 unspecified atom stereocenters. The van der Waals surface area contributed by atoms with Crippen molar-refractivity contribution >= 4 is 11.4 Å². The average molecular weight is 222 g/mol. The van der Waals surface area contributed by atoms with E-state index in [4.69, 9.17) is 5.73 Å². The van der Waals surface area contributed by atoms with E-state index < -0.39 is 34.5 Å². The SMILES string of the molecule is Nc1cc(F)c(OC(F)F)cc1[N+](=O)[O-]. The van der Waals surface area contributed by atoms with Crippen LogP contribution in [0.1, 0.15) is 0 Å². The molecular formula is C7H5F3N2O3. The molecule has 0 aliphatic carbocycles. The molecule has 0 aromatic heterocycles. The van der Waals surface area contributed by atoms with Gasteiger partial charge >= 0.3 is 6.61 Å². The van der Waals surface area contributed by atoms with Gasteiger partial charge in [0, 0.05) is 6.07 Å². The van der Waals surface area contributed by atoms with E-state index in [1.54, 1.807) is 0 Å². The van der Waals surface area contributed by atoms with E-state index in [1.807, 2.05) is 0 Å². The predicted octanol–water partition coefficient (Wildman–Crippen LogP) is 1.92. The van der Waals surface area contributed by atoms with Crippen LogP contribution in [0.25, 0.3) is 0 Å². The molecule has 0 bridgehead atoms. The second-order valence-electron chi connectivity index (χ2n) is 2.48. The third-order valence-corrected chi connectivity index (χ3v) is 1.49. The van der Waals surface area contributed by atoms with Crippen LogP contribution >= 0.6 is 0 Å². The smallest absolute Gasteiger partial charge is 0.387 e. The van der Waals surface area contributed by atoms with Crippen molar-refractivity contribution in [2.24, 2.45) is 0 Å². The molecule has 5 nitrogen and oxygen atoms in total. The molecule has 8 heteroatoms. The Hall–Kier alpha value is -1.99. The van der Waals surface area contributed by atoms with E-state index in [-0.39, 0.29) is 0 Å². The van der Waals surface area contributed by atoms with Crippen molar-refractivity contribution in [2.45, 2.75) is 6.61 Å². The zero-order chi connectivity index (χ0) is 11.6. The number of anilines is 1. The molecule has 0 radical (unpaired) electrons. The van der Waals surface area contributed by atoms with Gasteiger partial charge in [-0.15, -0.1) is 0 Å². The lowest BCUT2D eigenvalue weighted by molar-refractivity contribution is -0.384. The highest BCUT2D eigenvalue weighted by Crippen LogP contribution is 2.30. The van der Waals surface area contributed by atoms with E-state index in [0.29, 0.717) is 12.1 Å². The maximum absolute atomic E-state index is 12.9. The van der Waals surface area contributed by atoms with E-state index >= 15 is 0 Å². The van der Waals surface area contributed by atoms with Gasteiger partial charge in [0.05, 0.1) is 11.0 Å². The lowest BCUT2D eigenvalue weighted by Gasteiger charge is -2.06. The van der Waals surface area contributed by atoms with E-state index in [2.05, 4.69) is 4.74 Å². The number of hydrogen-bond donors (Lipinski definition) is 1. The zero-order valence-corrected chi connectivity index (χ0v) is 7.12. The van der Waals surface area contributed by atoms with Gasteiger partial charge in [-0.2, -0.15) is 8.78 Å². The summed E-state index contributed by atoms with van der Waals surface area (Å²) < 4.78 is 40.1. The Kier molecular flexibility index (Phi) is 2.98. The van der Waals surface area contributed by atoms with Crippen molar-refractivity contribution in [3.8, 4) is 5.75 Å². The molecule has 0 heterocycles. The first-order valence-corrected chi connectivity index (χ1v) is 3.60. The Labute approximate surface area is 81.4 Å². The van der Waals surface area contributed by atoms with Crippen molar-refractivity contribution in [1.29, 1.82) is 0 Å². The molecule has 2 N–H and O–H groups in total. The highest BCUT2D eigenvalue weighted by atomic mass is 19.3. The number of hydrogen-bond acceptors (Lipinski definition) is 4. The maximum Gasteiger partial charge on any atom is 0.387 e. The molecule has 0 fully saturated rings. The molecular weight excluding hydrogens is 217 g/mol. The first-order chi connectivity index (χ1) is 6.91. The van der Waals surface area contributed by atoms with Crippen molar-refractivity contribution in [2.75, 3.05) is 5.73 Å². The molecule has 0 saturated carbocycles. The van der Waals surface area contributed by atoms with Crippen LogP contribution < -0.4 is 10.5 Å². The lowest BCUT2D eigenvalue weighted by Crippen LogP contribution is -2.05. The third-order valence-electron chi connectivity index (χ3n) is 1.49. The first kappa shape index (κ1) is 11.1. The Morgan fingerprint density at radius 1 is 1.47 bits per heavy atom. The van der Waals surface area contributed by atoms with E-state index in [0.717, 1.165) is 0 Å². The summed E-state index contributed by atoms with van der Waals surface area (Å²) in [5.74, 6) is -2.09. The molecule has 0 amide bonds. The van der Waals surface area contributed by atoms with Gasteiger partial charge in [0.1, 0.15) is 5.69 Å². The number of benzene rings is 1. The topological polar surface area (TPSA) is 78.4 Å². The summed E-state index contributed by atoms with van der Waals surface area (Å²) >= 11 is 0. The summed E-state index contributed by atoms with van der Waals surface area (Å²) in [5, 5.41) is 10.3. The van der Waals surface area contributed by atoms with Crippen molar-refractivity contribution in [1.82, 2.24) is 0 Å². The number of nitrogen functional groups attached to an aromatic ring is 1. The largest absolute Gasteiger partial charge is 0.431 e. The fourth-order valence-electron chi connectivity index (χ4n) is 0.902. The molecule has 1 aromatic carbocycles.